The third kappa shape index (κ3) is 3.28. The molecule has 0 saturated heterocycles. The third-order valence-corrected chi connectivity index (χ3v) is 4.38. The van der Waals surface area contributed by atoms with Crippen molar-refractivity contribution in [1.82, 2.24) is 4.72 Å². The summed E-state index contributed by atoms with van der Waals surface area (Å²) in [5.41, 5.74) is 7.92. The Hall–Kier alpha value is -2.05. The van der Waals surface area contributed by atoms with E-state index in [1.54, 1.807) is 24.3 Å². The molecule has 0 saturated carbocycles. The molecule has 0 heterocycles. The van der Waals surface area contributed by atoms with E-state index in [4.69, 9.17) is 5.73 Å². The molecule has 0 aliphatic heterocycles. The minimum Gasteiger partial charge on any atom is -0.399 e. The Morgan fingerprint density at radius 1 is 1.05 bits per heavy atom. The van der Waals surface area contributed by atoms with Crippen molar-refractivity contribution in [3.63, 3.8) is 0 Å². The van der Waals surface area contributed by atoms with E-state index in [1.807, 2.05) is 24.3 Å². The molecule has 5 nitrogen and oxygen atoms in total. The Morgan fingerprint density at radius 2 is 1.70 bits per heavy atom. The van der Waals surface area contributed by atoms with Gasteiger partial charge in [0.2, 0.25) is 10.0 Å². The maximum Gasteiger partial charge on any atom is 0.242 e. The minimum atomic E-state index is -3.47. The van der Waals surface area contributed by atoms with Gasteiger partial charge < -0.3 is 11.1 Å². The zero-order valence-electron chi connectivity index (χ0n) is 11.1. The number of nitrogens with one attached hydrogen (secondary N) is 2. The van der Waals surface area contributed by atoms with Gasteiger partial charge in [-0.15, -0.1) is 0 Å². The zero-order valence-corrected chi connectivity index (χ0v) is 11.9. The average Bonchev–Trinajstić information content (AvgIpc) is 2.47. The van der Waals surface area contributed by atoms with E-state index >= 15 is 0 Å². The molecule has 0 spiro atoms. The molecule has 0 fully saturated rings. The maximum absolute atomic E-state index is 11.9. The number of anilines is 2. The van der Waals surface area contributed by atoms with Crippen LogP contribution in [0.2, 0.25) is 0 Å². The highest BCUT2D eigenvalue weighted by Gasteiger charge is 2.15. The smallest absolute Gasteiger partial charge is 0.242 e. The second-order valence-electron chi connectivity index (χ2n) is 4.30. The van der Waals surface area contributed by atoms with Gasteiger partial charge in [-0.05, 0) is 36.9 Å². The highest BCUT2D eigenvalue weighted by Crippen LogP contribution is 2.21. The predicted octanol–water partition coefficient (Wildman–Crippen LogP) is 1.79. The highest BCUT2D eigenvalue weighted by atomic mass is 32.2. The summed E-state index contributed by atoms with van der Waals surface area (Å²) >= 11 is 0. The van der Waals surface area contributed by atoms with Crippen LogP contribution in [0.3, 0.4) is 0 Å². The predicted molar refractivity (Wildman–Crippen MR) is 80.9 cm³/mol. The van der Waals surface area contributed by atoms with Crippen LogP contribution in [-0.2, 0) is 16.6 Å². The molecule has 2 rings (SSSR count). The van der Waals surface area contributed by atoms with Crippen LogP contribution in [0.4, 0.5) is 11.4 Å². The number of sulfonamides is 1. The summed E-state index contributed by atoms with van der Waals surface area (Å²) < 4.78 is 26.1. The van der Waals surface area contributed by atoms with Gasteiger partial charge in [-0.2, -0.15) is 0 Å². The van der Waals surface area contributed by atoms with Crippen LogP contribution in [0.15, 0.2) is 53.4 Å². The molecular weight excluding hydrogens is 274 g/mol. The van der Waals surface area contributed by atoms with Crippen LogP contribution in [0.5, 0.6) is 0 Å². The van der Waals surface area contributed by atoms with Crippen LogP contribution in [-0.4, -0.2) is 15.5 Å². The molecule has 0 unspecified atom stereocenters. The Bertz CT molecular complexity index is 682. The number of hydrogen-bond donors (Lipinski definition) is 3. The normalized spacial score (nSPS) is 11.2. The van der Waals surface area contributed by atoms with Gasteiger partial charge in [0.05, 0.1) is 5.69 Å². The van der Waals surface area contributed by atoms with Crippen molar-refractivity contribution in [3.8, 4) is 0 Å². The van der Waals surface area contributed by atoms with Gasteiger partial charge >= 0.3 is 0 Å². The number of hydrogen-bond acceptors (Lipinski definition) is 4. The first-order chi connectivity index (χ1) is 9.53. The van der Waals surface area contributed by atoms with E-state index in [-0.39, 0.29) is 4.90 Å². The number of para-hydroxylation sites is 1. The molecule has 0 amide bonds. The number of benzene rings is 2. The second kappa shape index (κ2) is 5.94. The van der Waals surface area contributed by atoms with Gasteiger partial charge in [-0.1, -0.05) is 24.3 Å². The summed E-state index contributed by atoms with van der Waals surface area (Å²) in [6.45, 7) is 0.524. The van der Waals surface area contributed by atoms with E-state index in [1.165, 1.54) is 7.05 Å². The van der Waals surface area contributed by atoms with Crippen molar-refractivity contribution in [2.24, 2.45) is 0 Å². The monoisotopic (exact) mass is 291 g/mol. The fourth-order valence-electron chi connectivity index (χ4n) is 1.79. The largest absolute Gasteiger partial charge is 0.399 e. The third-order valence-electron chi connectivity index (χ3n) is 2.91. The minimum absolute atomic E-state index is 0.234. The summed E-state index contributed by atoms with van der Waals surface area (Å²) in [5.74, 6) is 0. The quantitative estimate of drug-likeness (QED) is 0.733. The van der Waals surface area contributed by atoms with E-state index in [0.717, 1.165) is 5.56 Å². The molecule has 0 radical (unpaired) electrons. The van der Waals surface area contributed by atoms with Crippen molar-refractivity contribution in [1.29, 1.82) is 0 Å². The van der Waals surface area contributed by atoms with Gasteiger partial charge in [0.15, 0.2) is 0 Å². The van der Waals surface area contributed by atoms with Crippen LogP contribution in [0, 0.1) is 0 Å². The average molecular weight is 291 g/mol. The standard InChI is InChI=1S/C14H17N3O2S/c1-16-20(18,19)14-5-3-2-4-13(14)17-10-11-6-8-12(15)9-7-11/h2-9,16-17H,10,15H2,1H3. The number of nitrogen functional groups attached to an aromatic ring is 1. The van der Waals surface area contributed by atoms with Crippen LogP contribution >= 0.6 is 0 Å². The molecule has 106 valence electrons. The molecular formula is C14H17N3O2S. The van der Waals surface area contributed by atoms with Crippen molar-refractivity contribution in [3.05, 3.63) is 54.1 Å². The Balaban J connectivity index is 2.20. The first-order valence-corrected chi connectivity index (χ1v) is 7.62. The van der Waals surface area contributed by atoms with Crippen molar-refractivity contribution < 1.29 is 8.42 Å². The summed E-state index contributed by atoms with van der Waals surface area (Å²) in [4.78, 5) is 0.234. The zero-order chi connectivity index (χ0) is 14.6. The Kier molecular flexibility index (Phi) is 4.26. The van der Waals surface area contributed by atoms with Gasteiger partial charge in [-0.25, -0.2) is 13.1 Å². The molecule has 0 aliphatic carbocycles. The van der Waals surface area contributed by atoms with E-state index in [0.29, 0.717) is 17.9 Å². The highest BCUT2D eigenvalue weighted by molar-refractivity contribution is 7.89. The van der Waals surface area contributed by atoms with Crippen molar-refractivity contribution in [2.75, 3.05) is 18.1 Å². The Labute approximate surface area is 118 Å². The molecule has 2 aromatic carbocycles. The molecule has 6 heteroatoms. The lowest BCUT2D eigenvalue weighted by molar-refractivity contribution is 0.588. The summed E-state index contributed by atoms with van der Waals surface area (Å²) in [5, 5.41) is 3.13. The molecule has 4 N–H and O–H groups in total. The molecule has 0 aliphatic rings. The van der Waals surface area contributed by atoms with E-state index in [2.05, 4.69) is 10.0 Å². The van der Waals surface area contributed by atoms with Crippen LogP contribution < -0.4 is 15.8 Å². The number of nitrogens with two attached hydrogens (primary N) is 1. The lowest BCUT2D eigenvalue weighted by Gasteiger charge is -2.12. The molecule has 0 atom stereocenters. The van der Waals surface area contributed by atoms with Crippen LogP contribution in [0.25, 0.3) is 0 Å². The first-order valence-electron chi connectivity index (χ1n) is 6.14. The van der Waals surface area contributed by atoms with Gasteiger partial charge in [0.1, 0.15) is 4.90 Å². The molecule has 0 aromatic heterocycles. The van der Waals surface area contributed by atoms with Gasteiger partial charge in [0, 0.05) is 12.2 Å². The topological polar surface area (TPSA) is 84.2 Å². The molecule has 0 bridgehead atoms. The molecule has 2 aromatic rings. The summed E-state index contributed by atoms with van der Waals surface area (Å²) in [6, 6.07) is 14.2. The fourth-order valence-corrected chi connectivity index (χ4v) is 2.70. The van der Waals surface area contributed by atoms with Crippen LogP contribution in [0.1, 0.15) is 5.56 Å². The lowest BCUT2D eigenvalue weighted by Crippen LogP contribution is -2.20. The SMILES string of the molecule is CNS(=O)(=O)c1ccccc1NCc1ccc(N)cc1. The summed E-state index contributed by atoms with van der Waals surface area (Å²) in [6.07, 6.45) is 0. The summed E-state index contributed by atoms with van der Waals surface area (Å²) in [7, 11) is -2.08. The maximum atomic E-state index is 11.9. The van der Waals surface area contributed by atoms with Gasteiger partial charge in [-0.3, -0.25) is 0 Å². The van der Waals surface area contributed by atoms with Crippen molar-refractivity contribution in [2.45, 2.75) is 11.4 Å². The van der Waals surface area contributed by atoms with Crippen molar-refractivity contribution >= 4 is 21.4 Å². The second-order valence-corrected chi connectivity index (χ2v) is 6.15. The van der Waals surface area contributed by atoms with E-state index in [9.17, 15) is 8.42 Å². The lowest BCUT2D eigenvalue weighted by atomic mass is 10.2. The number of rotatable bonds is 5. The van der Waals surface area contributed by atoms with E-state index < -0.39 is 10.0 Å². The Morgan fingerprint density at radius 3 is 2.35 bits per heavy atom. The fraction of sp³-hybridized carbons (Fsp3) is 0.143. The molecule has 20 heavy (non-hydrogen) atoms. The first kappa shape index (κ1) is 14.4. The van der Waals surface area contributed by atoms with Gasteiger partial charge in [0.25, 0.3) is 0 Å².